The van der Waals surface area contributed by atoms with Crippen molar-refractivity contribution in [2.75, 3.05) is 12.4 Å². The van der Waals surface area contributed by atoms with Crippen LogP contribution in [0.2, 0.25) is 10.0 Å². The van der Waals surface area contributed by atoms with E-state index in [1.54, 1.807) is 7.05 Å². The van der Waals surface area contributed by atoms with E-state index >= 15 is 0 Å². The van der Waals surface area contributed by atoms with Crippen LogP contribution in [0.25, 0.3) is 11.3 Å². The topological polar surface area (TPSA) is 24.9 Å². The number of halogens is 5. The van der Waals surface area contributed by atoms with Gasteiger partial charge in [-0.05, 0) is 12.1 Å². The summed E-state index contributed by atoms with van der Waals surface area (Å²) in [5.41, 5.74) is -0.842. The molecule has 0 saturated carbocycles. The van der Waals surface area contributed by atoms with Crippen LogP contribution in [0.5, 0.6) is 0 Å². The van der Waals surface area contributed by atoms with Crippen LogP contribution in [-0.4, -0.2) is 12.0 Å². The van der Waals surface area contributed by atoms with Crippen molar-refractivity contribution in [3.8, 4) is 11.3 Å². The van der Waals surface area contributed by atoms with Gasteiger partial charge in [0, 0.05) is 12.6 Å². The molecular weight excluding hydrogens is 312 g/mol. The summed E-state index contributed by atoms with van der Waals surface area (Å²) in [5.74, 6) is 0.267. The van der Waals surface area contributed by atoms with E-state index in [9.17, 15) is 13.2 Å². The number of rotatable bonds is 2. The Balaban J connectivity index is 2.69. The van der Waals surface area contributed by atoms with Crippen LogP contribution < -0.4 is 5.32 Å². The van der Waals surface area contributed by atoms with Crippen molar-refractivity contribution in [3.63, 3.8) is 0 Å². The Bertz CT molecular complexity index is 642. The molecule has 20 heavy (non-hydrogen) atoms. The third-order valence-corrected chi connectivity index (χ3v) is 3.23. The van der Waals surface area contributed by atoms with Crippen LogP contribution >= 0.6 is 23.2 Å². The molecule has 0 unspecified atom stereocenters. The van der Waals surface area contributed by atoms with Crippen LogP contribution in [0.15, 0.2) is 30.3 Å². The minimum atomic E-state index is -4.49. The molecule has 0 saturated heterocycles. The zero-order valence-corrected chi connectivity index (χ0v) is 11.7. The van der Waals surface area contributed by atoms with E-state index in [4.69, 9.17) is 23.2 Å². The van der Waals surface area contributed by atoms with Gasteiger partial charge in [0.15, 0.2) is 0 Å². The van der Waals surface area contributed by atoms with Crippen LogP contribution in [0.3, 0.4) is 0 Å². The minimum absolute atomic E-state index is 0.0355. The van der Waals surface area contributed by atoms with E-state index in [2.05, 4.69) is 10.3 Å². The summed E-state index contributed by atoms with van der Waals surface area (Å²) >= 11 is 11.9. The summed E-state index contributed by atoms with van der Waals surface area (Å²) in [4.78, 5) is 4.06. The first kappa shape index (κ1) is 14.9. The molecule has 0 aliphatic carbocycles. The third-order valence-electron chi connectivity index (χ3n) is 2.65. The molecular formula is C13H9Cl2F3N2. The van der Waals surface area contributed by atoms with Crippen molar-refractivity contribution in [1.29, 1.82) is 0 Å². The molecule has 0 bridgehead atoms. The highest BCUT2D eigenvalue weighted by Crippen LogP contribution is 2.40. The van der Waals surface area contributed by atoms with Crippen molar-refractivity contribution in [2.45, 2.75) is 6.18 Å². The number of hydrogen-bond donors (Lipinski definition) is 1. The summed E-state index contributed by atoms with van der Waals surface area (Å²) in [5, 5.41) is 3.01. The number of hydrogen-bond acceptors (Lipinski definition) is 2. The molecule has 0 amide bonds. The molecule has 1 aromatic heterocycles. The summed E-state index contributed by atoms with van der Waals surface area (Å²) in [7, 11) is 1.57. The predicted molar refractivity (Wildman–Crippen MR) is 74.2 cm³/mol. The van der Waals surface area contributed by atoms with E-state index < -0.39 is 11.7 Å². The number of pyridine rings is 1. The minimum Gasteiger partial charge on any atom is -0.372 e. The molecule has 0 atom stereocenters. The second kappa shape index (κ2) is 5.50. The Hall–Kier alpha value is -1.46. The van der Waals surface area contributed by atoms with Gasteiger partial charge < -0.3 is 5.32 Å². The van der Waals surface area contributed by atoms with Gasteiger partial charge in [-0.15, -0.1) is 0 Å². The highest BCUT2D eigenvalue weighted by molar-refractivity contribution is 6.37. The molecule has 2 aromatic rings. The summed E-state index contributed by atoms with van der Waals surface area (Å²) in [6.45, 7) is 0. The fraction of sp³-hybridized carbons (Fsp3) is 0.154. The van der Waals surface area contributed by atoms with Gasteiger partial charge in [0.2, 0.25) is 0 Å². The lowest BCUT2D eigenvalue weighted by Crippen LogP contribution is -2.08. The monoisotopic (exact) mass is 320 g/mol. The van der Waals surface area contributed by atoms with E-state index in [0.717, 1.165) is 6.07 Å². The van der Waals surface area contributed by atoms with Gasteiger partial charge in [-0.1, -0.05) is 41.4 Å². The Kier molecular flexibility index (Phi) is 4.11. The molecule has 1 aromatic carbocycles. The van der Waals surface area contributed by atoms with E-state index in [1.807, 2.05) is 0 Å². The number of benzene rings is 1. The molecule has 2 nitrogen and oxygen atoms in total. The largest absolute Gasteiger partial charge is 0.417 e. The number of nitrogens with zero attached hydrogens (tertiary/aromatic N) is 1. The lowest BCUT2D eigenvalue weighted by Gasteiger charge is -2.14. The molecule has 1 heterocycles. The van der Waals surface area contributed by atoms with Crippen LogP contribution in [0.1, 0.15) is 5.56 Å². The molecule has 7 heteroatoms. The lowest BCUT2D eigenvalue weighted by molar-refractivity contribution is -0.137. The molecule has 0 spiro atoms. The standard InChI is InChI=1S/C13H9Cl2F3N2/c1-19-12-10(15)6-9(14)11(20-12)7-4-2-3-5-8(7)13(16,17)18/h2-6H,1H3,(H,19,20). The molecule has 0 aliphatic heterocycles. The fourth-order valence-electron chi connectivity index (χ4n) is 1.77. The maximum atomic E-state index is 13.0. The molecule has 0 radical (unpaired) electrons. The van der Waals surface area contributed by atoms with E-state index in [0.29, 0.717) is 0 Å². The van der Waals surface area contributed by atoms with E-state index in [-0.39, 0.29) is 27.1 Å². The second-order valence-corrected chi connectivity index (χ2v) is 4.76. The molecule has 106 valence electrons. The normalized spacial score (nSPS) is 11.5. The fourth-order valence-corrected chi connectivity index (χ4v) is 2.32. The van der Waals surface area contributed by atoms with Crippen molar-refractivity contribution in [1.82, 2.24) is 4.98 Å². The van der Waals surface area contributed by atoms with Gasteiger partial charge in [0.05, 0.1) is 21.3 Å². The second-order valence-electron chi connectivity index (χ2n) is 3.94. The van der Waals surface area contributed by atoms with Gasteiger partial charge in [0.25, 0.3) is 0 Å². The van der Waals surface area contributed by atoms with Crippen LogP contribution in [-0.2, 0) is 6.18 Å². The van der Waals surface area contributed by atoms with Gasteiger partial charge in [0.1, 0.15) is 5.82 Å². The average molecular weight is 321 g/mol. The van der Waals surface area contributed by atoms with Gasteiger partial charge in [-0.3, -0.25) is 0 Å². The Labute approximate surface area is 123 Å². The smallest absolute Gasteiger partial charge is 0.372 e. The average Bonchev–Trinajstić information content (AvgIpc) is 2.38. The number of nitrogens with one attached hydrogen (secondary N) is 1. The molecule has 0 aliphatic rings. The number of anilines is 1. The van der Waals surface area contributed by atoms with Gasteiger partial charge in [-0.25, -0.2) is 4.98 Å². The molecule has 0 fully saturated rings. The van der Waals surface area contributed by atoms with Crippen molar-refractivity contribution in [3.05, 3.63) is 45.9 Å². The first-order valence-corrected chi connectivity index (χ1v) is 6.30. The summed E-state index contributed by atoms with van der Waals surface area (Å²) < 4.78 is 39.0. The van der Waals surface area contributed by atoms with Crippen molar-refractivity contribution >= 4 is 29.0 Å². The van der Waals surface area contributed by atoms with Crippen molar-refractivity contribution in [2.24, 2.45) is 0 Å². The predicted octanol–water partition coefficient (Wildman–Crippen LogP) is 5.12. The first-order chi connectivity index (χ1) is 9.34. The third kappa shape index (κ3) is 2.83. The molecule has 1 N–H and O–H groups in total. The SMILES string of the molecule is CNc1nc(-c2ccccc2C(F)(F)F)c(Cl)cc1Cl. The first-order valence-electron chi connectivity index (χ1n) is 5.55. The Morgan fingerprint density at radius 1 is 1.10 bits per heavy atom. The number of aromatic nitrogens is 1. The maximum absolute atomic E-state index is 13.0. The Morgan fingerprint density at radius 2 is 1.75 bits per heavy atom. The zero-order chi connectivity index (χ0) is 14.9. The van der Waals surface area contributed by atoms with Crippen LogP contribution in [0, 0.1) is 0 Å². The summed E-state index contributed by atoms with van der Waals surface area (Å²) in [6.07, 6.45) is -4.49. The van der Waals surface area contributed by atoms with E-state index in [1.165, 1.54) is 24.3 Å². The Morgan fingerprint density at radius 3 is 2.35 bits per heavy atom. The van der Waals surface area contributed by atoms with Crippen LogP contribution in [0.4, 0.5) is 19.0 Å². The number of alkyl halides is 3. The van der Waals surface area contributed by atoms with Gasteiger partial charge >= 0.3 is 6.18 Å². The van der Waals surface area contributed by atoms with Gasteiger partial charge in [-0.2, -0.15) is 13.2 Å². The van der Waals surface area contributed by atoms with Crippen molar-refractivity contribution < 1.29 is 13.2 Å². The quantitative estimate of drug-likeness (QED) is 0.831. The summed E-state index contributed by atoms with van der Waals surface area (Å²) in [6, 6.07) is 6.49. The highest BCUT2D eigenvalue weighted by Gasteiger charge is 2.34. The molecule has 2 rings (SSSR count). The lowest BCUT2D eigenvalue weighted by atomic mass is 10.0. The zero-order valence-electron chi connectivity index (χ0n) is 10.2. The highest BCUT2D eigenvalue weighted by atomic mass is 35.5. The maximum Gasteiger partial charge on any atom is 0.417 e.